The van der Waals surface area contributed by atoms with Crippen LogP contribution in [0.5, 0.6) is 0 Å². The number of amides is 1. The van der Waals surface area contributed by atoms with Crippen molar-refractivity contribution in [2.75, 3.05) is 39.3 Å². The minimum atomic E-state index is -0.598. The molecule has 130 valence electrons. The van der Waals surface area contributed by atoms with Gasteiger partial charge in [0, 0.05) is 37.6 Å². The molecule has 1 N–H and O–H groups in total. The molecular formula is C18H26N4OS. The molecule has 1 aliphatic carbocycles. The number of nitrogens with zero attached hydrogens (tertiary/aromatic N) is 3. The molecule has 1 aromatic heterocycles. The second-order valence-electron chi connectivity index (χ2n) is 6.90. The van der Waals surface area contributed by atoms with Crippen molar-refractivity contribution in [2.45, 2.75) is 37.6 Å². The summed E-state index contributed by atoms with van der Waals surface area (Å²) < 4.78 is 0. The number of carbonyl (C=O) groups is 1. The van der Waals surface area contributed by atoms with E-state index in [4.69, 9.17) is 0 Å². The van der Waals surface area contributed by atoms with Gasteiger partial charge in [0.15, 0.2) is 0 Å². The van der Waals surface area contributed by atoms with E-state index in [2.05, 4.69) is 38.7 Å². The van der Waals surface area contributed by atoms with E-state index in [-0.39, 0.29) is 5.91 Å². The summed E-state index contributed by atoms with van der Waals surface area (Å²) >= 11 is 1.82. The van der Waals surface area contributed by atoms with E-state index in [1.54, 1.807) is 0 Å². The maximum absolute atomic E-state index is 12.3. The van der Waals surface area contributed by atoms with E-state index in [0.29, 0.717) is 6.54 Å². The molecule has 1 aliphatic heterocycles. The third-order valence-electron chi connectivity index (χ3n) is 5.14. The normalized spacial score (nSPS) is 21.5. The Morgan fingerprint density at radius 2 is 1.96 bits per heavy atom. The van der Waals surface area contributed by atoms with Crippen LogP contribution in [0, 0.1) is 11.3 Å². The van der Waals surface area contributed by atoms with Crippen LogP contribution in [0.3, 0.4) is 0 Å². The molecule has 1 amide bonds. The van der Waals surface area contributed by atoms with Gasteiger partial charge in [-0.1, -0.05) is 6.07 Å². The fraction of sp³-hybridized carbons (Fsp3) is 0.667. The van der Waals surface area contributed by atoms with Gasteiger partial charge >= 0.3 is 0 Å². The Labute approximate surface area is 148 Å². The molecule has 0 radical (unpaired) electrons. The summed E-state index contributed by atoms with van der Waals surface area (Å²) in [6.45, 7) is 5.40. The lowest BCUT2D eigenvalue weighted by molar-refractivity contribution is -0.124. The molecule has 2 aliphatic rings. The summed E-state index contributed by atoms with van der Waals surface area (Å²) in [4.78, 5) is 18.4. The second-order valence-corrected chi connectivity index (χ2v) is 7.93. The van der Waals surface area contributed by atoms with Gasteiger partial charge in [-0.25, -0.2) is 0 Å². The lowest BCUT2D eigenvalue weighted by Crippen LogP contribution is -2.53. The van der Waals surface area contributed by atoms with Gasteiger partial charge in [-0.3, -0.25) is 9.69 Å². The first-order valence-electron chi connectivity index (χ1n) is 8.88. The van der Waals surface area contributed by atoms with Crippen LogP contribution in [0.4, 0.5) is 0 Å². The molecule has 0 atom stereocenters. The van der Waals surface area contributed by atoms with Crippen molar-refractivity contribution < 1.29 is 4.79 Å². The number of hydrogen-bond acceptors (Lipinski definition) is 5. The van der Waals surface area contributed by atoms with Crippen molar-refractivity contribution in [3.63, 3.8) is 0 Å². The predicted octanol–water partition coefficient (Wildman–Crippen LogP) is 1.86. The van der Waals surface area contributed by atoms with Gasteiger partial charge in [-0.15, -0.1) is 11.3 Å². The molecule has 1 aromatic rings. The van der Waals surface area contributed by atoms with Crippen LogP contribution in [0.1, 0.15) is 30.6 Å². The third kappa shape index (κ3) is 4.56. The molecule has 0 unspecified atom stereocenters. The fourth-order valence-corrected chi connectivity index (χ4v) is 4.35. The topological polar surface area (TPSA) is 59.4 Å². The van der Waals surface area contributed by atoms with Gasteiger partial charge in [0.2, 0.25) is 5.91 Å². The van der Waals surface area contributed by atoms with Crippen LogP contribution >= 0.6 is 11.3 Å². The monoisotopic (exact) mass is 346 g/mol. The Morgan fingerprint density at radius 1 is 1.25 bits per heavy atom. The van der Waals surface area contributed by atoms with Gasteiger partial charge in [0.1, 0.15) is 5.54 Å². The van der Waals surface area contributed by atoms with Gasteiger partial charge in [0.25, 0.3) is 0 Å². The first kappa shape index (κ1) is 17.4. The number of nitrogens with one attached hydrogen (secondary N) is 1. The molecule has 5 nitrogen and oxygen atoms in total. The van der Waals surface area contributed by atoms with Crippen LogP contribution in [-0.4, -0.2) is 60.5 Å². The van der Waals surface area contributed by atoms with Gasteiger partial charge in [-0.2, -0.15) is 5.26 Å². The molecule has 2 fully saturated rings. The highest BCUT2D eigenvalue weighted by Gasteiger charge is 2.35. The summed E-state index contributed by atoms with van der Waals surface area (Å²) in [5, 5.41) is 14.5. The molecule has 1 saturated heterocycles. The molecule has 0 spiro atoms. The fourth-order valence-electron chi connectivity index (χ4n) is 3.65. The molecular weight excluding hydrogens is 320 g/mol. The zero-order chi connectivity index (χ0) is 16.8. The smallest absolute Gasteiger partial charge is 0.235 e. The minimum absolute atomic E-state index is 0.00508. The standard InChI is InChI=1S/C18H26N4OS/c19-15-18(6-1-2-7-18)20-17(23)14-22-11-9-21(10-12-22)8-5-16-4-3-13-24-16/h3-4,13H,1-2,5-12,14H2,(H,20,23). The Balaban J connectivity index is 1.37. The summed E-state index contributed by atoms with van der Waals surface area (Å²) in [7, 11) is 0. The van der Waals surface area contributed by atoms with E-state index in [9.17, 15) is 10.1 Å². The zero-order valence-corrected chi connectivity index (χ0v) is 15.0. The van der Waals surface area contributed by atoms with E-state index >= 15 is 0 Å². The highest BCUT2D eigenvalue weighted by molar-refractivity contribution is 7.09. The van der Waals surface area contributed by atoms with E-state index in [1.165, 1.54) is 4.88 Å². The Bertz CT molecular complexity index is 566. The minimum Gasteiger partial charge on any atom is -0.337 e. The van der Waals surface area contributed by atoms with Crippen molar-refractivity contribution in [2.24, 2.45) is 0 Å². The van der Waals surface area contributed by atoms with Crippen LogP contribution in [0.15, 0.2) is 17.5 Å². The lowest BCUT2D eigenvalue weighted by Gasteiger charge is -2.34. The summed E-state index contributed by atoms with van der Waals surface area (Å²) in [5.74, 6) is 0.00508. The second kappa shape index (κ2) is 8.11. The van der Waals surface area contributed by atoms with Crippen molar-refractivity contribution in [1.29, 1.82) is 5.26 Å². The van der Waals surface area contributed by atoms with Crippen LogP contribution in [0.2, 0.25) is 0 Å². The highest BCUT2D eigenvalue weighted by Crippen LogP contribution is 2.28. The van der Waals surface area contributed by atoms with Crippen LogP contribution < -0.4 is 5.32 Å². The molecule has 3 rings (SSSR count). The van der Waals surface area contributed by atoms with E-state index in [0.717, 1.165) is 64.8 Å². The summed E-state index contributed by atoms with van der Waals surface area (Å²) in [6.07, 6.45) is 4.79. The van der Waals surface area contributed by atoms with E-state index < -0.39 is 5.54 Å². The number of piperazine rings is 1. The van der Waals surface area contributed by atoms with Crippen molar-refractivity contribution in [1.82, 2.24) is 15.1 Å². The first-order chi connectivity index (χ1) is 11.7. The van der Waals surface area contributed by atoms with Gasteiger partial charge < -0.3 is 10.2 Å². The summed E-state index contributed by atoms with van der Waals surface area (Å²) in [6, 6.07) is 6.62. The van der Waals surface area contributed by atoms with Gasteiger partial charge in [-0.05, 0) is 43.6 Å². The lowest BCUT2D eigenvalue weighted by atomic mass is 10.00. The SMILES string of the molecule is N#CC1(NC(=O)CN2CCN(CCc3cccs3)CC2)CCCC1. The Kier molecular flexibility index (Phi) is 5.88. The van der Waals surface area contributed by atoms with Crippen LogP contribution in [0.25, 0.3) is 0 Å². The Hall–Kier alpha value is -1.42. The average Bonchev–Trinajstić information content (AvgIpc) is 3.26. The van der Waals surface area contributed by atoms with E-state index in [1.807, 2.05) is 11.3 Å². The van der Waals surface area contributed by atoms with Crippen molar-refractivity contribution in [3.8, 4) is 6.07 Å². The maximum Gasteiger partial charge on any atom is 0.235 e. The predicted molar refractivity (Wildman–Crippen MR) is 95.9 cm³/mol. The Morgan fingerprint density at radius 3 is 2.58 bits per heavy atom. The van der Waals surface area contributed by atoms with Crippen molar-refractivity contribution in [3.05, 3.63) is 22.4 Å². The number of carbonyl (C=O) groups excluding carboxylic acids is 1. The molecule has 1 saturated carbocycles. The molecule has 2 heterocycles. The average molecular weight is 347 g/mol. The third-order valence-corrected chi connectivity index (χ3v) is 6.07. The maximum atomic E-state index is 12.3. The van der Waals surface area contributed by atoms with Crippen molar-refractivity contribution >= 4 is 17.2 Å². The quantitative estimate of drug-likeness (QED) is 0.854. The molecule has 6 heteroatoms. The largest absolute Gasteiger partial charge is 0.337 e. The zero-order valence-electron chi connectivity index (χ0n) is 14.2. The number of hydrogen-bond donors (Lipinski definition) is 1. The molecule has 24 heavy (non-hydrogen) atoms. The number of rotatable bonds is 6. The first-order valence-corrected chi connectivity index (χ1v) is 9.76. The van der Waals surface area contributed by atoms with Gasteiger partial charge in [0.05, 0.1) is 12.6 Å². The molecule has 0 bridgehead atoms. The summed E-state index contributed by atoms with van der Waals surface area (Å²) in [5.41, 5.74) is -0.598. The molecule has 0 aromatic carbocycles. The number of nitriles is 1. The highest BCUT2D eigenvalue weighted by atomic mass is 32.1. The van der Waals surface area contributed by atoms with Crippen LogP contribution in [-0.2, 0) is 11.2 Å². The number of thiophene rings is 1.